The molecule has 1 aromatic carbocycles. The summed E-state index contributed by atoms with van der Waals surface area (Å²) in [5, 5.41) is 28.8. The van der Waals surface area contributed by atoms with Gasteiger partial charge in [-0.2, -0.15) is 0 Å². The van der Waals surface area contributed by atoms with Crippen LogP contribution in [0.25, 0.3) is 0 Å². The molecule has 2 N–H and O–H groups in total. The molecule has 0 heterocycles. The highest BCUT2D eigenvalue weighted by Crippen LogP contribution is 2.34. The average Bonchev–Trinajstić information content (AvgIpc) is 2.34. The lowest BCUT2D eigenvalue weighted by atomic mass is 10.1. The van der Waals surface area contributed by atoms with Crippen molar-refractivity contribution in [1.29, 1.82) is 0 Å². The second-order valence-corrected chi connectivity index (χ2v) is 3.74. The SMILES string of the molecule is COc1cc(C(=O)O)c([N+](=O)[O-])cc1OCC(C)O. The minimum Gasteiger partial charge on any atom is -0.493 e. The van der Waals surface area contributed by atoms with Gasteiger partial charge in [0.2, 0.25) is 0 Å². The molecule has 0 fully saturated rings. The number of methoxy groups -OCH3 is 1. The van der Waals surface area contributed by atoms with Crippen molar-refractivity contribution in [1.82, 2.24) is 0 Å². The number of hydrogen-bond donors (Lipinski definition) is 2. The van der Waals surface area contributed by atoms with Crippen LogP contribution in [0.15, 0.2) is 12.1 Å². The highest BCUT2D eigenvalue weighted by molar-refractivity contribution is 5.93. The number of aliphatic hydroxyl groups excluding tert-OH is 1. The van der Waals surface area contributed by atoms with E-state index in [4.69, 9.17) is 19.7 Å². The highest BCUT2D eigenvalue weighted by atomic mass is 16.6. The van der Waals surface area contributed by atoms with Crippen molar-refractivity contribution >= 4 is 11.7 Å². The first-order valence-electron chi connectivity index (χ1n) is 5.27. The van der Waals surface area contributed by atoms with Crippen molar-refractivity contribution in [3.8, 4) is 11.5 Å². The lowest BCUT2D eigenvalue weighted by molar-refractivity contribution is -0.385. The Hall–Kier alpha value is -2.35. The van der Waals surface area contributed by atoms with Gasteiger partial charge in [0.1, 0.15) is 12.2 Å². The van der Waals surface area contributed by atoms with E-state index in [0.29, 0.717) is 0 Å². The number of nitro benzene ring substituents is 1. The van der Waals surface area contributed by atoms with Crippen molar-refractivity contribution in [2.45, 2.75) is 13.0 Å². The first-order valence-corrected chi connectivity index (χ1v) is 5.27. The standard InChI is InChI=1S/C11H13NO7/c1-6(13)5-19-10-4-8(12(16)17)7(11(14)15)3-9(10)18-2/h3-4,6,13H,5H2,1-2H3,(H,14,15). The molecule has 0 aliphatic carbocycles. The summed E-state index contributed by atoms with van der Waals surface area (Å²) in [5.41, 5.74) is -1.10. The van der Waals surface area contributed by atoms with E-state index < -0.39 is 28.2 Å². The van der Waals surface area contributed by atoms with Gasteiger partial charge in [0, 0.05) is 6.07 Å². The number of hydrogen-bond acceptors (Lipinski definition) is 6. The van der Waals surface area contributed by atoms with Crippen LogP contribution in [0.3, 0.4) is 0 Å². The Kier molecular flexibility index (Phi) is 4.65. The second kappa shape index (κ2) is 6.01. The number of aliphatic hydroxyl groups is 1. The van der Waals surface area contributed by atoms with Gasteiger partial charge in [-0.3, -0.25) is 10.1 Å². The molecule has 8 heteroatoms. The van der Waals surface area contributed by atoms with Crippen molar-refractivity contribution in [3.63, 3.8) is 0 Å². The number of nitrogens with zero attached hydrogens (tertiary/aromatic N) is 1. The molecule has 0 saturated carbocycles. The predicted octanol–water partition coefficient (Wildman–Crippen LogP) is 1.06. The summed E-state index contributed by atoms with van der Waals surface area (Å²) < 4.78 is 10.1. The van der Waals surface area contributed by atoms with Crippen LogP contribution in [0.5, 0.6) is 11.5 Å². The van der Waals surface area contributed by atoms with E-state index in [2.05, 4.69) is 0 Å². The van der Waals surface area contributed by atoms with E-state index in [1.165, 1.54) is 14.0 Å². The third-order valence-electron chi connectivity index (χ3n) is 2.19. The molecule has 1 atom stereocenters. The van der Waals surface area contributed by atoms with Gasteiger partial charge >= 0.3 is 5.97 Å². The third-order valence-corrected chi connectivity index (χ3v) is 2.19. The van der Waals surface area contributed by atoms with Gasteiger partial charge in [-0.25, -0.2) is 4.79 Å². The van der Waals surface area contributed by atoms with Gasteiger partial charge in [0.25, 0.3) is 5.69 Å². The number of carboxylic acid groups (broad SMARTS) is 1. The summed E-state index contributed by atoms with van der Waals surface area (Å²) in [4.78, 5) is 20.9. The van der Waals surface area contributed by atoms with Crippen LogP contribution >= 0.6 is 0 Å². The molecular formula is C11H13NO7. The van der Waals surface area contributed by atoms with E-state index in [1.807, 2.05) is 0 Å². The molecule has 1 rings (SSSR count). The number of ether oxygens (including phenoxy) is 2. The molecule has 0 aliphatic heterocycles. The fourth-order valence-corrected chi connectivity index (χ4v) is 1.35. The zero-order valence-corrected chi connectivity index (χ0v) is 10.3. The molecule has 0 saturated heterocycles. The Bertz CT molecular complexity index is 498. The summed E-state index contributed by atoms with van der Waals surface area (Å²) in [6.45, 7) is 1.38. The minimum atomic E-state index is -1.44. The highest BCUT2D eigenvalue weighted by Gasteiger charge is 2.24. The van der Waals surface area contributed by atoms with Crippen LogP contribution in [0.2, 0.25) is 0 Å². The van der Waals surface area contributed by atoms with Gasteiger partial charge in [-0.1, -0.05) is 0 Å². The maximum atomic E-state index is 10.9. The molecule has 1 unspecified atom stereocenters. The second-order valence-electron chi connectivity index (χ2n) is 3.74. The summed E-state index contributed by atoms with van der Waals surface area (Å²) in [6, 6.07) is 1.97. The fraction of sp³-hybridized carbons (Fsp3) is 0.364. The quantitative estimate of drug-likeness (QED) is 0.586. The van der Waals surface area contributed by atoms with Crippen LogP contribution < -0.4 is 9.47 Å². The number of rotatable bonds is 6. The van der Waals surface area contributed by atoms with E-state index in [1.54, 1.807) is 0 Å². The van der Waals surface area contributed by atoms with Gasteiger partial charge in [0.05, 0.1) is 24.2 Å². The van der Waals surface area contributed by atoms with E-state index >= 15 is 0 Å². The number of carboxylic acids is 1. The topological polar surface area (TPSA) is 119 Å². The predicted molar refractivity (Wildman–Crippen MR) is 63.8 cm³/mol. The number of benzene rings is 1. The number of nitro groups is 1. The van der Waals surface area contributed by atoms with Crippen LogP contribution in [-0.2, 0) is 0 Å². The molecule has 0 radical (unpaired) electrons. The lowest BCUT2D eigenvalue weighted by Crippen LogP contribution is -2.14. The average molecular weight is 271 g/mol. The smallest absolute Gasteiger partial charge is 0.342 e. The molecule has 0 spiro atoms. The maximum Gasteiger partial charge on any atom is 0.342 e. The zero-order chi connectivity index (χ0) is 14.6. The summed E-state index contributed by atoms with van der Waals surface area (Å²) >= 11 is 0. The molecule has 0 aliphatic rings. The van der Waals surface area contributed by atoms with Crippen molar-refractivity contribution < 1.29 is 29.4 Å². The number of carbonyl (C=O) groups is 1. The van der Waals surface area contributed by atoms with Gasteiger partial charge < -0.3 is 19.7 Å². The number of aromatic carboxylic acids is 1. The van der Waals surface area contributed by atoms with Crippen LogP contribution in [-0.4, -0.2) is 40.9 Å². The zero-order valence-electron chi connectivity index (χ0n) is 10.3. The van der Waals surface area contributed by atoms with Crippen molar-refractivity contribution in [2.24, 2.45) is 0 Å². The van der Waals surface area contributed by atoms with Crippen molar-refractivity contribution in [3.05, 3.63) is 27.8 Å². The largest absolute Gasteiger partial charge is 0.493 e. The Balaban J connectivity index is 3.27. The van der Waals surface area contributed by atoms with Gasteiger partial charge in [-0.15, -0.1) is 0 Å². The van der Waals surface area contributed by atoms with E-state index in [0.717, 1.165) is 12.1 Å². The Morgan fingerprint density at radius 3 is 2.53 bits per heavy atom. The Labute approximate surface area is 108 Å². The molecule has 1 aromatic rings. The van der Waals surface area contributed by atoms with Gasteiger partial charge in [-0.05, 0) is 6.92 Å². The van der Waals surface area contributed by atoms with Crippen molar-refractivity contribution in [2.75, 3.05) is 13.7 Å². The molecule has 8 nitrogen and oxygen atoms in total. The van der Waals surface area contributed by atoms with Crippen LogP contribution in [0.4, 0.5) is 5.69 Å². The first kappa shape index (κ1) is 14.7. The first-order chi connectivity index (χ1) is 8.86. The van der Waals surface area contributed by atoms with Crippen LogP contribution in [0.1, 0.15) is 17.3 Å². The van der Waals surface area contributed by atoms with E-state index in [-0.39, 0.29) is 18.1 Å². The van der Waals surface area contributed by atoms with Gasteiger partial charge in [0.15, 0.2) is 11.5 Å². The Morgan fingerprint density at radius 1 is 1.47 bits per heavy atom. The maximum absolute atomic E-state index is 10.9. The fourth-order valence-electron chi connectivity index (χ4n) is 1.35. The third kappa shape index (κ3) is 3.55. The summed E-state index contributed by atoms with van der Waals surface area (Å²) in [7, 11) is 1.28. The van der Waals surface area contributed by atoms with Crippen LogP contribution in [0, 0.1) is 10.1 Å². The summed E-state index contributed by atoms with van der Waals surface area (Å²) in [5.74, 6) is -1.39. The van der Waals surface area contributed by atoms with E-state index in [9.17, 15) is 14.9 Å². The normalized spacial score (nSPS) is 11.7. The Morgan fingerprint density at radius 2 is 2.11 bits per heavy atom. The molecule has 0 bridgehead atoms. The molecular weight excluding hydrogens is 258 g/mol. The monoisotopic (exact) mass is 271 g/mol. The lowest BCUT2D eigenvalue weighted by Gasteiger charge is -2.12. The molecule has 0 amide bonds. The molecule has 19 heavy (non-hydrogen) atoms. The molecule has 0 aromatic heterocycles. The summed E-state index contributed by atoms with van der Waals surface area (Å²) in [6.07, 6.45) is -0.775. The molecule has 104 valence electrons. The minimum absolute atomic E-state index is 0.0000926.